The zero-order valence-corrected chi connectivity index (χ0v) is 26.9. The van der Waals surface area contributed by atoms with E-state index in [2.05, 4.69) is 21.2 Å². The van der Waals surface area contributed by atoms with Crippen LogP contribution in [0, 0.1) is 5.92 Å². The fourth-order valence-electron chi connectivity index (χ4n) is 4.26. The Morgan fingerprint density at radius 3 is 2.16 bits per heavy atom. The van der Waals surface area contributed by atoms with Gasteiger partial charge in [-0.2, -0.15) is 13.2 Å². The smallest absolute Gasteiger partial charge is 0.354 e. The SMILES string of the molecule is CC(C)CNC(=O)C(Cc1ccccc1)N(Cc1ccc(Br)cc1)C(=O)CN(c1ccc(Cl)c(C(F)(F)F)c1)S(C)(=O)=O. The van der Waals surface area contributed by atoms with E-state index >= 15 is 0 Å². The summed E-state index contributed by atoms with van der Waals surface area (Å²) < 4.78 is 67.9. The molecule has 3 rings (SSSR count). The number of rotatable bonds is 12. The molecule has 3 aromatic carbocycles. The first-order valence-electron chi connectivity index (χ1n) is 13.3. The molecule has 0 aliphatic heterocycles. The Kier molecular flexibility index (Phi) is 11.7. The Bertz CT molecular complexity index is 1520. The maximum atomic E-state index is 14.1. The van der Waals surface area contributed by atoms with Crippen molar-refractivity contribution in [1.29, 1.82) is 0 Å². The highest BCUT2D eigenvalue weighted by Gasteiger charge is 2.36. The van der Waals surface area contributed by atoms with E-state index in [1.165, 1.54) is 4.90 Å². The van der Waals surface area contributed by atoms with E-state index in [1.807, 2.05) is 19.9 Å². The average Bonchev–Trinajstić information content (AvgIpc) is 2.93. The second-order valence-electron chi connectivity index (χ2n) is 10.4. The molecule has 7 nitrogen and oxygen atoms in total. The Hall–Kier alpha value is -3.09. The van der Waals surface area contributed by atoms with Gasteiger partial charge in [-0.05, 0) is 47.4 Å². The maximum absolute atomic E-state index is 14.1. The summed E-state index contributed by atoms with van der Waals surface area (Å²) in [7, 11) is -4.26. The summed E-state index contributed by atoms with van der Waals surface area (Å²) in [6.45, 7) is 3.26. The number of carbonyl (C=O) groups is 2. The summed E-state index contributed by atoms with van der Waals surface area (Å²) in [5.74, 6) is -1.11. The standard InChI is InChI=1S/C30H32BrClF3N3O4S/c1-20(2)17-36-29(40)27(15-21-7-5-4-6-8-21)37(18-22-9-11-23(31)12-10-22)28(39)19-38(43(3,41)42)24-13-14-26(32)25(16-24)30(33,34)35/h4-14,16,20,27H,15,17-19H2,1-3H3,(H,36,40). The van der Waals surface area contributed by atoms with Crippen LogP contribution in [0.5, 0.6) is 0 Å². The van der Waals surface area contributed by atoms with E-state index in [0.717, 1.165) is 28.4 Å². The maximum Gasteiger partial charge on any atom is 0.417 e. The number of carbonyl (C=O) groups excluding carboxylic acids is 2. The first-order valence-corrected chi connectivity index (χ1v) is 16.3. The van der Waals surface area contributed by atoms with Crippen molar-refractivity contribution in [2.24, 2.45) is 5.92 Å². The Labute approximate surface area is 263 Å². The Morgan fingerprint density at radius 1 is 0.977 bits per heavy atom. The minimum Gasteiger partial charge on any atom is -0.354 e. The summed E-state index contributed by atoms with van der Waals surface area (Å²) in [6, 6.07) is 17.6. The third-order valence-electron chi connectivity index (χ3n) is 6.44. The van der Waals surface area contributed by atoms with Gasteiger partial charge < -0.3 is 10.2 Å². The van der Waals surface area contributed by atoms with Crippen LogP contribution in [0.2, 0.25) is 5.02 Å². The lowest BCUT2D eigenvalue weighted by Crippen LogP contribution is -2.53. The lowest BCUT2D eigenvalue weighted by Gasteiger charge is -2.33. The van der Waals surface area contributed by atoms with Crippen LogP contribution in [-0.2, 0) is 38.8 Å². The van der Waals surface area contributed by atoms with Crippen molar-refractivity contribution in [3.8, 4) is 0 Å². The largest absolute Gasteiger partial charge is 0.417 e. The van der Waals surface area contributed by atoms with Crippen molar-refractivity contribution in [3.05, 3.63) is 99.0 Å². The van der Waals surface area contributed by atoms with Crippen LogP contribution in [0.15, 0.2) is 77.3 Å². The van der Waals surface area contributed by atoms with E-state index in [1.54, 1.807) is 48.5 Å². The molecule has 0 spiro atoms. The molecule has 0 fully saturated rings. The molecule has 0 aliphatic rings. The van der Waals surface area contributed by atoms with Crippen molar-refractivity contribution in [2.75, 3.05) is 23.7 Å². The van der Waals surface area contributed by atoms with Crippen molar-refractivity contribution >= 4 is 55.1 Å². The Morgan fingerprint density at radius 2 is 1.60 bits per heavy atom. The molecular weight excluding hydrogens is 671 g/mol. The molecule has 0 aliphatic carbocycles. The summed E-state index contributed by atoms with van der Waals surface area (Å²) in [4.78, 5) is 28.9. The monoisotopic (exact) mass is 701 g/mol. The first-order chi connectivity index (χ1) is 20.1. The van der Waals surface area contributed by atoms with Gasteiger partial charge in [-0.3, -0.25) is 13.9 Å². The predicted molar refractivity (Wildman–Crippen MR) is 165 cm³/mol. The lowest BCUT2D eigenvalue weighted by atomic mass is 10.0. The summed E-state index contributed by atoms with van der Waals surface area (Å²) >= 11 is 9.12. The van der Waals surface area contributed by atoms with Gasteiger partial charge in [-0.15, -0.1) is 0 Å². The van der Waals surface area contributed by atoms with Crippen molar-refractivity contribution in [2.45, 2.75) is 39.0 Å². The van der Waals surface area contributed by atoms with E-state index in [0.29, 0.717) is 22.5 Å². The minimum absolute atomic E-state index is 0.0647. The van der Waals surface area contributed by atoms with Crippen molar-refractivity contribution in [3.63, 3.8) is 0 Å². The van der Waals surface area contributed by atoms with Crippen molar-refractivity contribution in [1.82, 2.24) is 10.2 Å². The number of hydrogen-bond acceptors (Lipinski definition) is 4. The van der Waals surface area contributed by atoms with Gasteiger partial charge in [0.25, 0.3) is 0 Å². The molecule has 43 heavy (non-hydrogen) atoms. The number of hydrogen-bond donors (Lipinski definition) is 1. The molecule has 1 unspecified atom stereocenters. The zero-order valence-electron chi connectivity index (χ0n) is 23.7. The molecule has 2 amide bonds. The summed E-state index contributed by atoms with van der Waals surface area (Å²) in [5.41, 5.74) is -0.217. The van der Waals surface area contributed by atoms with Gasteiger partial charge in [0.15, 0.2) is 0 Å². The van der Waals surface area contributed by atoms with E-state index in [4.69, 9.17) is 11.6 Å². The van der Waals surface area contributed by atoms with Gasteiger partial charge >= 0.3 is 6.18 Å². The van der Waals surface area contributed by atoms with Crippen LogP contribution in [0.4, 0.5) is 18.9 Å². The van der Waals surface area contributed by atoms with Crippen LogP contribution in [-0.4, -0.2) is 50.5 Å². The normalized spacial score (nSPS) is 12.6. The van der Waals surface area contributed by atoms with Crippen LogP contribution >= 0.6 is 27.5 Å². The van der Waals surface area contributed by atoms with E-state index < -0.39 is 51.2 Å². The highest BCUT2D eigenvalue weighted by molar-refractivity contribution is 9.10. The number of anilines is 1. The number of sulfonamides is 1. The molecule has 232 valence electrons. The molecule has 0 saturated heterocycles. The fraction of sp³-hybridized carbons (Fsp3) is 0.333. The molecule has 3 aromatic rings. The molecule has 1 atom stereocenters. The number of benzene rings is 3. The minimum atomic E-state index is -4.86. The molecule has 0 heterocycles. The number of nitrogens with zero attached hydrogens (tertiary/aromatic N) is 2. The molecule has 0 bridgehead atoms. The number of amides is 2. The number of alkyl halides is 3. The summed E-state index contributed by atoms with van der Waals surface area (Å²) in [5, 5.41) is 2.25. The number of nitrogens with one attached hydrogen (secondary N) is 1. The van der Waals surface area contributed by atoms with Crippen LogP contribution in [0.25, 0.3) is 0 Å². The second kappa shape index (κ2) is 14.6. The average molecular weight is 703 g/mol. The Balaban J connectivity index is 2.09. The highest BCUT2D eigenvalue weighted by Crippen LogP contribution is 2.37. The zero-order chi connectivity index (χ0) is 31.9. The first kappa shape index (κ1) is 34.4. The van der Waals surface area contributed by atoms with Gasteiger partial charge in [-0.1, -0.05) is 83.8 Å². The fourth-order valence-corrected chi connectivity index (χ4v) is 5.59. The molecule has 0 radical (unpaired) electrons. The topological polar surface area (TPSA) is 86.8 Å². The van der Waals surface area contributed by atoms with Crippen LogP contribution < -0.4 is 9.62 Å². The predicted octanol–water partition coefficient (Wildman–Crippen LogP) is 6.30. The lowest BCUT2D eigenvalue weighted by molar-refractivity contribution is -0.140. The van der Waals surface area contributed by atoms with E-state index in [-0.39, 0.29) is 24.6 Å². The molecule has 13 heteroatoms. The quantitative estimate of drug-likeness (QED) is 0.240. The van der Waals surface area contributed by atoms with Crippen LogP contribution in [0.3, 0.4) is 0 Å². The van der Waals surface area contributed by atoms with Gasteiger partial charge in [0.1, 0.15) is 12.6 Å². The number of halogens is 5. The van der Waals surface area contributed by atoms with Gasteiger partial charge in [0.05, 0.1) is 22.5 Å². The third-order valence-corrected chi connectivity index (χ3v) is 8.44. The van der Waals surface area contributed by atoms with Crippen LogP contribution in [0.1, 0.15) is 30.5 Å². The molecular formula is C30H32BrClF3N3O4S. The highest BCUT2D eigenvalue weighted by atomic mass is 79.9. The van der Waals surface area contributed by atoms with Gasteiger partial charge in [0, 0.05) is 24.0 Å². The summed E-state index contributed by atoms with van der Waals surface area (Å²) in [6.07, 6.45) is -3.95. The van der Waals surface area contributed by atoms with Gasteiger partial charge in [0.2, 0.25) is 21.8 Å². The van der Waals surface area contributed by atoms with Gasteiger partial charge in [-0.25, -0.2) is 8.42 Å². The van der Waals surface area contributed by atoms with Crippen molar-refractivity contribution < 1.29 is 31.2 Å². The molecule has 0 saturated carbocycles. The molecule has 1 N–H and O–H groups in total. The molecule has 0 aromatic heterocycles. The third kappa shape index (κ3) is 9.97. The second-order valence-corrected chi connectivity index (χ2v) is 13.7. The van der Waals surface area contributed by atoms with E-state index in [9.17, 15) is 31.2 Å².